The van der Waals surface area contributed by atoms with Crippen molar-refractivity contribution in [3.63, 3.8) is 0 Å². The summed E-state index contributed by atoms with van der Waals surface area (Å²) in [6, 6.07) is 8.13. The lowest BCUT2D eigenvalue weighted by atomic mass is 10.1. The van der Waals surface area contributed by atoms with Crippen molar-refractivity contribution in [2.24, 2.45) is 0 Å². The molecule has 0 bridgehead atoms. The fraction of sp³-hybridized carbons (Fsp3) is 0.312. The number of nitrogens with two attached hydrogens (primary N) is 1. The highest BCUT2D eigenvalue weighted by atomic mass is 79.9. The van der Waals surface area contributed by atoms with Crippen molar-refractivity contribution in [2.75, 3.05) is 11.1 Å². The highest BCUT2D eigenvalue weighted by Gasteiger charge is 2.32. The van der Waals surface area contributed by atoms with E-state index in [9.17, 15) is 4.79 Å². The summed E-state index contributed by atoms with van der Waals surface area (Å²) in [7, 11) is 0. The van der Waals surface area contributed by atoms with Gasteiger partial charge in [0.25, 0.3) is 0 Å². The van der Waals surface area contributed by atoms with Gasteiger partial charge in [0.2, 0.25) is 0 Å². The second kappa shape index (κ2) is 5.81. The van der Waals surface area contributed by atoms with Gasteiger partial charge in [-0.05, 0) is 30.4 Å². The lowest BCUT2D eigenvalue weighted by Gasteiger charge is -2.09. The van der Waals surface area contributed by atoms with Gasteiger partial charge in [-0.15, -0.1) is 11.3 Å². The molecule has 0 radical (unpaired) electrons. The molecule has 2 aromatic rings. The number of nitrogens with one attached hydrogen (secondary N) is 1. The molecule has 1 fully saturated rings. The van der Waals surface area contributed by atoms with Gasteiger partial charge >= 0.3 is 0 Å². The molecule has 21 heavy (non-hydrogen) atoms. The van der Waals surface area contributed by atoms with Crippen LogP contribution in [0, 0.1) is 0 Å². The molecule has 1 aliphatic carbocycles. The monoisotopic (exact) mass is 364 g/mol. The van der Waals surface area contributed by atoms with Crippen LogP contribution in [0.25, 0.3) is 0 Å². The zero-order valence-electron chi connectivity index (χ0n) is 11.8. The van der Waals surface area contributed by atoms with Gasteiger partial charge in [-0.25, -0.2) is 0 Å². The van der Waals surface area contributed by atoms with Crippen LogP contribution in [0.1, 0.15) is 46.5 Å². The number of Topliss-reactive ketones (excluding diaryl/α,β-unsaturated/α-hetero) is 1. The molecule has 5 heteroatoms. The SMILES string of the molecule is CC(=O)c1sc(NCc2ccccc2Br)c(C2CC2)c1N. The Balaban J connectivity index is 1.86. The van der Waals surface area contributed by atoms with E-state index in [0.717, 1.165) is 21.6 Å². The average Bonchev–Trinajstić information content (AvgIpc) is 3.22. The van der Waals surface area contributed by atoms with Crippen LogP contribution >= 0.6 is 27.3 Å². The zero-order chi connectivity index (χ0) is 15.0. The van der Waals surface area contributed by atoms with Crippen LogP contribution in [-0.2, 0) is 6.54 Å². The minimum absolute atomic E-state index is 0.0494. The molecule has 1 saturated carbocycles. The number of carbonyl (C=O) groups excluding carboxylic acids is 1. The summed E-state index contributed by atoms with van der Waals surface area (Å²) < 4.78 is 1.08. The lowest BCUT2D eigenvalue weighted by Crippen LogP contribution is -2.01. The molecule has 3 N–H and O–H groups in total. The standard InChI is InChI=1S/C16H17BrN2OS/c1-9(20)15-14(18)13(10-6-7-10)16(21-15)19-8-11-4-2-3-5-12(11)17/h2-5,10,19H,6-8,18H2,1H3. The van der Waals surface area contributed by atoms with Crippen molar-refractivity contribution in [3.8, 4) is 0 Å². The van der Waals surface area contributed by atoms with Crippen molar-refractivity contribution in [3.05, 3.63) is 44.7 Å². The molecule has 1 heterocycles. The highest BCUT2D eigenvalue weighted by molar-refractivity contribution is 9.10. The van der Waals surface area contributed by atoms with Crippen LogP contribution in [0.3, 0.4) is 0 Å². The normalized spacial score (nSPS) is 14.2. The summed E-state index contributed by atoms with van der Waals surface area (Å²) in [6.45, 7) is 2.30. The Morgan fingerprint density at radius 3 is 2.76 bits per heavy atom. The van der Waals surface area contributed by atoms with E-state index < -0.39 is 0 Å². The number of anilines is 2. The van der Waals surface area contributed by atoms with E-state index in [1.54, 1.807) is 6.92 Å². The maximum Gasteiger partial charge on any atom is 0.171 e. The number of benzene rings is 1. The predicted octanol–water partition coefficient (Wildman–Crippen LogP) is 4.78. The number of thiophene rings is 1. The van der Waals surface area contributed by atoms with Crippen molar-refractivity contribution >= 4 is 43.7 Å². The summed E-state index contributed by atoms with van der Waals surface area (Å²) in [5.41, 5.74) is 9.21. The Bertz CT molecular complexity index is 692. The highest BCUT2D eigenvalue weighted by Crippen LogP contribution is 2.51. The van der Waals surface area contributed by atoms with Crippen LogP contribution in [0.4, 0.5) is 10.7 Å². The van der Waals surface area contributed by atoms with E-state index in [4.69, 9.17) is 5.73 Å². The molecule has 0 amide bonds. The first-order valence-electron chi connectivity index (χ1n) is 6.98. The summed E-state index contributed by atoms with van der Waals surface area (Å²) in [4.78, 5) is 12.4. The van der Waals surface area contributed by atoms with E-state index in [-0.39, 0.29) is 5.78 Å². The topological polar surface area (TPSA) is 55.1 Å². The summed E-state index contributed by atoms with van der Waals surface area (Å²) in [5.74, 6) is 0.574. The van der Waals surface area contributed by atoms with E-state index >= 15 is 0 Å². The molecule has 0 aliphatic heterocycles. The molecule has 3 nitrogen and oxygen atoms in total. The molecule has 0 spiro atoms. The molecule has 1 aromatic carbocycles. The van der Waals surface area contributed by atoms with Crippen molar-refractivity contribution in [2.45, 2.75) is 32.2 Å². The Morgan fingerprint density at radius 2 is 2.14 bits per heavy atom. The van der Waals surface area contributed by atoms with Gasteiger partial charge in [0, 0.05) is 23.5 Å². The second-order valence-electron chi connectivity index (χ2n) is 5.36. The smallest absolute Gasteiger partial charge is 0.171 e. The molecule has 1 aromatic heterocycles. The van der Waals surface area contributed by atoms with Crippen LogP contribution in [0.15, 0.2) is 28.7 Å². The van der Waals surface area contributed by atoms with Gasteiger partial charge in [-0.3, -0.25) is 4.79 Å². The summed E-state index contributed by atoms with van der Waals surface area (Å²) >= 11 is 5.04. The quantitative estimate of drug-likeness (QED) is 0.750. The van der Waals surface area contributed by atoms with E-state index in [1.165, 1.54) is 29.7 Å². The molecule has 0 unspecified atom stereocenters. The first kappa shape index (κ1) is 14.6. The lowest BCUT2D eigenvalue weighted by molar-refractivity contribution is 0.102. The molecular formula is C16H17BrN2OS. The average molecular weight is 365 g/mol. The van der Waals surface area contributed by atoms with Crippen molar-refractivity contribution in [1.82, 2.24) is 0 Å². The fourth-order valence-corrected chi connectivity index (χ4v) is 3.97. The third-order valence-corrected chi connectivity index (χ3v) is 5.74. The number of rotatable bonds is 5. The van der Waals surface area contributed by atoms with Gasteiger partial charge in [0.1, 0.15) is 0 Å². The Morgan fingerprint density at radius 1 is 1.43 bits per heavy atom. The molecule has 3 rings (SSSR count). The summed E-state index contributed by atoms with van der Waals surface area (Å²) in [5, 5.41) is 4.52. The van der Waals surface area contributed by atoms with Crippen LogP contribution in [-0.4, -0.2) is 5.78 Å². The van der Waals surface area contributed by atoms with Crippen molar-refractivity contribution < 1.29 is 4.79 Å². The van der Waals surface area contributed by atoms with Gasteiger partial charge in [-0.1, -0.05) is 34.1 Å². The molecule has 0 saturated heterocycles. The third-order valence-electron chi connectivity index (χ3n) is 3.69. The van der Waals surface area contributed by atoms with Crippen LogP contribution < -0.4 is 11.1 Å². The number of hydrogen-bond acceptors (Lipinski definition) is 4. The molecule has 1 aliphatic rings. The van der Waals surface area contributed by atoms with E-state index in [0.29, 0.717) is 16.5 Å². The summed E-state index contributed by atoms with van der Waals surface area (Å²) in [6.07, 6.45) is 2.34. The zero-order valence-corrected chi connectivity index (χ0v) is 14.2. The minimum Gasteiger partial charge on any atom is -0.397 e. The van der Waals surface area contributed by atoms with E-state index in [2.05, 4.69) is 27.3 Å². The largest absolute Gasteiger partial charge is 0.397 e. The Labute approximate surface area is 136 Å². The molecular weight excluding hydrogens is 348 g/mol. The first-order valence-corrected chi connectivity index (χ1v) is 8.59. The van der Waals surface area contributed by atoms with Gasteiger partial charge in [0.05, 0.1) is 15.6 Å². The Hall–Kier alpha value is -1.33. The third kappa shape index (κ3) is 2.99. The minimum atomic E-state index is 0.0494. The van der Waals surface area contributed by atoms with Crippen LogP contribution in [0.5, 0.6) is 0 Å². The van der Waals surface area contributed by atoms with Gasteiger partial charge < -0.3 is 11.1 Å². The number of hydrogen-bond donors (Lipinski definition) is 2. The van der Waals surface area contributed by atoms with Gasteiger partial charge in [0.15, 0.2) is 5.78 Å². The maximum atomic E-state index is 11.7. The number of nitrogen functional groups attached to an aromatic ring is 1. The predicted molar refractivity (Wildman–Crippen MR) is 92.2 cm³/mol. The molecule has 0 atom stereocenters. The number of halogens is 1. The van der Waals surface area contributed by atoms with Crippen molar-refractivity contribution in [1.29, 1.82) is 0 Å². The van der Waals surface area contributed by atoms with E-state index in [1.807, 2.05) is 18.2 Å². The van der Waals surface area contributed by atoms with Crippen LogP contribution in [0.2, 0.25) is 0 Å². The second-order valence-corrected chi connectivity index (χ2v) is 7.24. The number of ketones is 1. The van der Waals surface area contributed by atoms with Gasteiger partial charge in [-0.2, -0.15) is 0 Å². The molecule has 110 valence electrons. The Kier molecular flexibility index (Phi) is 4.04. The number of carbonyl (C=O) groups is 1. The first-order chi connectivity index (χ1) is 10.1. The fourth-order valence-electron chi connectivity index (χ4n) is 2.44. The maximum absolute atomic E-state index is 11.7.